The standard InChI is InChI=1S/C8H16ClN3/c1-5(2)10-8-11-6(3)4-7(9)12-8/h5-7H,4H2,1-3H3,(H2,10,11,12). The Labute approximate surface area is 78.6 Å². The number of nitrogens with zero attached hydrogens (tertiary/aromatic N) is 1. The molecule has 0 saturated heterocycles. The maximum Gasteiger partial charge on any atom is 0.193 e. The molecule has 0 amide bonds. The summed E-state index contributed by atoms with van der Waals surface area (Å²) in [5, 5.41) is 6.43. The molecule has 0 bridgehead atoms. The lowest BCUT2D eigenvalue weighted by Crippen LogP contribution is -2.48. The highest BCUT2D eigenvalue weighted by molar-refractivity contribution is 6.21. The quantitative estimate of drug-likeness (QED) is 0.482. The van der Waals surface area contributed by atoms with Gasteiger partial charge < -0.3 is 10.6 Å². The highest BCUT2D eigenvalue weighted by atomic mass is 35.5. The number of rotatable bonds is 1. The molecule has 70 valence electrons. The lowest BCUT2D eigenvalue weighted by molar-refractivity contribution is 0.538. The Morgan fingerprint density at radius 1 is 1.67 bits per heavy atom. The fraction of sp³-hybridized carbons (Fsp3) is 0.875. The minimum absolute atomic E-state index is 0.0810. The van der Waals surface area contributed by atoms with E-state index < -0.39 is 0 Å². The van der Waals surface area contributed by atoms with Gasteiger partial charge >= 0.3 is 0 Å². The van der Waals surface area contributed by atoms with Crippen LogP contribution in [0.25, 0.3) is 0 Å². The van der Waals surface area contributed by atoms with Gasteiger partial charge in [-0.3, -0.25) is 0 Å². The van der Waals surface area contributed by atoms with Gasteiger partial charge in [-0.15, -0.1) is 0 Å². The van der Waals surface area contributed by atoms with Gasteiger partial charge in [0, 0.05) is 18.5 Å². The van der Waals surface area contributed by atoms with Crippen LogP contribution in [0, 0.1) is 0 Å². The minimum Gasteiger partial charge on any atom is -0.354 e. The Hall–Kier alpha value is -0.440. The number of hydrogen-bond acceptors (Lipinski definition) is 3. The second kappa shape index (κ2) is 3.99. The number of guanidine groups is 1. The van der Waals surface area contributed by atoms with Gasteiger partial charge in [-0.2, -0.15) is 0 Å². The molecule has 1 heterocycles. The third-order valence-corrected chi connectivity index (χ3v) is 1.90. The Bertz CT molecular complexity index is 179. The van der Waals surface area contributed by atoms with Crippen LogP contribution in [0.5, 0.6) is 0 Å². The molecular formula is C8H16ClN3. The van der Waals surface area contributed by atoms with Crippen molar-refractivity contribution in [1.82, 2.24) is 10.6 Å². The lowest BCUT2D eigenvalue weighted by Gasteiger charge is -2.25. The van der Waals surface area contributed by atoms with Crippen LogP contribution in [-0.4, -0.2) is 23.5 Å². The summed E-state index contributed by atoms with van der Waals surface area (Å²) in [4.78, 5) is 4.23. The number of hydrogen-bond donors (Lipinski definition) is 2. The molecule has 1 aliphatic heterocycles. The molecule has 2 atom stereocenters. The van der Waals surface area contributed by atoms with E-state index in [2.05, 4.69) is 36.4 Å². The third kappa shape index (κ3) is 2.89. The summed E-state index contributed by atoms with van der Waals surface area (Å²) in [5.74, 6) is 0.823. The van der Waals surface area contributed by atoms with Gasteiger partial charge in [-0.05, 0) is 20.8 Å². The molecule has 12 heavy (non-hydrogen) atoms. The SMILES string of the molecule is CC(C)NC1=NC(Cl)CC(C)N1. The Kier molecular flexibility index (Phi) is 3.20. The van der Waals surface area contributed by atoms with Crippen molar-refractivity contribution in [1.29, 1.82) is 0 Å². The molecule has 0 fully saturated rings. The Morgan fingerprint density at radius 2 is 2.33 bits per heavy atom. The smallest absolute Gasteiger partial charge is 0.193 e. The van der Waals surface area contributed by atoms with Gasteiger partial charge in [0.1, 0.15) is 5.50 Å². The molecule has 3 nitrogen and oxygen atoms in total. The predicted molar refractivity (Wildman–Crippen MR) is 52.6 cm³/mol. The van der Waals surface area contributed by atoms with E-state index in [0.29, 0.717) is 12.1 Å². The maximum atomic E-state index is 5.92. The number of nitrogens with one attached hydrogen (secondary N) is 2. The molecular weight excluding hydrogens is 174 g/mol. The van der Waals surface area contributed by atoms with Gasteiger partial charge in [0.15, 0.2) is 5.96 Å². The van der Waals surface area contributed by atoms with Gasteiger partial charge in [0.2, 0.25) is 0 Å². The van der Waals surface area contributed by atoms with Crippen molar-refractivity contribution in [3.63, 3.8) is 0 Å². The zero-order valence-corrected chi connectivity index (χ0v) is 8.52. The predicted octanol–water partition coefficient (Wildman–Crippen LogP) is 1.29. The first-order valence-electron chi connectivity index (χ1n) is 4.33. The fourth-order valence-corrected chi connectivity index (χ4v) is 1.53. The molecule has 0 aromatic carbocycles. The van der Waals surface area contributed by atoms with E-state index in [0.717, 1.165) is 12.4 Å². The van der Waals surface area contributed by atoms with Crippen molar-refractivity contribution >= 4 is 17.6 Å². The first-order chi connectivity index (χ1) is 5.58. The first-order valence-corrected chi connectivity index (χ1v) is 4.76. The topological polar surface area (TPSA) is 36.4 Å². The van der Waals surface area contributed by atoms with Gasteiger partial charge in [0.05, 0.1) is 0 Å². The van der Waals surface area contributed by atoms with Crippen LogP contribution in [0.3, 0.4) is 0 Å². The maximum absolute atomic E-state index is 5.92. The van der Waals surface area contributed by atoms with Crippen LogP contribution in [0.1, 0.15) is 27.2 Å². The van der Waals surface area contributed by atoms with Gasteiger partial charge in [-0.1, -0.05) is 11.6 Å². The summed E-state index contributed by atoms with van der Waals surface area (Å²) in [7, 11) is 0. The van der Waals surface area contributed by atoms with Crippen LogP contribution < -0.4 is 10.6 Å². The van der Waals surface area contributed by atoms with E-state index >= 15 is 0 Å². The summed E-state index contributed by atoms with van der Waals surface area (Å²) < 4.78 is 0. The van der Waals surface area contributed by atoms with Crippen molar-refractivity contribution in [2.24, 2.45) is 4.99 Å². The van der Waals surface area contributed by atoms with E-state index in [4.69, 9.17) is 11.6 Å². The number of alkyl halides is 1. The molecule has 4 heteroatoms. The zero-order chi connectivity index (χ0) is 9.14. The molecule has 0 saturated carbocycles. The second-order valence-electron chi connectivity index (χ2n) is 3.49. The molecule has 0 spiro atoms. The molecule has 1 aliphatic rings. The monoisotopic (exact) mass is 189 g/mol. The molecule has 0 aromatic rings. The molecule has 1 rings (SSSR count). The van der Waals surface area contributed by atoms with Crippen LogP contribution in [-0.2, 0) is 0 Å². The lowest BCUT2D eigenvalue weighted by atomic mass is 10.2. The zero-order valence-electron chi connectivity index (χ0n) is 7.76. The molecule has 2 unspecified atom stereocenters. The van der Waals surface area contributed by atoms with Gasteiger partial charge in [-0.25, -0.2) is 4.99 Å². The average molecular weight is 190 g/mol. The molecule has 0 aliphatic carbocycles. The van der Waals surface area contributed by atoms with Gasteiger partial charge in [0.25, 0.3) is 0 Å². The largest absolute Gasteiger partial charge is 0.354 e. The summed E-state index contributed by atoms with van der Waals surface area (Å²) in [5.41, 5.74) is -0.0810. The molecule has 0 aromatic heterocycles. The van der Waals surface area contributed by atoms with Crippen LogP contribution in [0.4, 0.5) is 0 Å². The first kappa shape index (κ1) is 9.65. The molecule has 2 N–H and O–H groups in total. The number of aliphatic imine (C=N–C) groups is 1. The third-order valence-electron chi connectivity index (χ3n) is 1.63. The number of halogens is 1. The second-order valence-corrected chi connectivity index (χ2v) is 4.00. The fourth-order valence-electron chi connectivity index (χ4n) is 1.17. The van der Waals surface area contributed by atoms with Crippen LogP contribution in [0.15, 0.2) is 4.99 Å². The van der Waals surface area contributed by atoms with E-state index in [-0.39, 0.29) is 5.50 Å². The Balaban J connectivity index is 2.51. The van der Waals surface area contributed by atoms with Crippen LogP contribution >= 0.6 is 11.6 Å². The van der Waals surface area contributed by atoms with E-state index in [9.17, 15) is 0 Å². The van der Waals surface area contributed by atoms with E-state index in [1.54, 1.807) is 0 Å². The van der Waals surface area contributed by atoms with Crippen molar-refractivity contribution in [2.45, 2.75) is 44.8 Å². The average Bonchev–Trinajstić information content (AvgIpc) is 1.81. The van der Waals surface area contributed by atoms with Crippen LogP contribution in [0.2, 0.25) is 0 Å². The van der Waals surface area contributed by atoms with E-state index in [1.165, 1.54) is 0 Å². The normalized spacial score (nSPS) is 29.6. The van der Waals surface area contributed by atoms with Crippen molar-refractivity contribution in [2.75, 3.05) is 0 Å². The van der Waals surface area contributed by atoms with Crippen molar-refractivity contribution in [3.05, 3.63) is 0 Å². The Morgan fingerprint density at radius 3 is 2.83 bits per heavy atom. The van der Waals surface area contributed by atoms with E-state index in [1.807, 2.05) is 0 Å². The summed E-state index contributed by atoms with van der Waals surface area (Å²) in [6.07, 6.45) is 0.894. The highest BCUT2D eigenvalue weighted by Crippen LogP contribution is 2.11. The van der Waals surface area contributed by atoms with Crippen molar-refractivity contribution in [3.8, 4) is 0 Å². The minimum atomic E-state index is -0.0810. The summed E-state index contributed by atoms with van der Waals surface area (Å²) in [6, 6.07) is 0.802. The summed E-state index contributed by atoms with van der Waals surface area (Å²) in [6.45, 7) is 6.26. The van der Waals surface area contributed by atoms with Crippen molar-refractivity contribution < 1.29 is 0 Å². The highest BCUT2D eigenvalue weighted by Gasteiger charge is 2.17. The summed E-state index contributed by atoms with van der Waals surface area (Å²) >= 11 is 5.92. The molecule has 0 radical (unpaired) electrons.